The Kier molecular flexibility index (Phi) is 6.47. The van der Waals surface area contributed by atoms with Crippen molar-refractivity contribution in [3.63, 3.8) is 0 Å². The number of rotatable bonds is 8. The zero-order chi connectivity index (χ0) is 20.6. The molecule has 0 aliphatic heterocycles. The highest BCUT2D eigenvalue weighted by Gasteiger charge is 2.12. The molecule has 0 atom stereocenters. The number of para-hydroxylation sites is 1. The Bertz CT molecular complexity index is 994. The third-order valence-corrected chi connectivity index (χ3v) is 4.18. The zero-order valence-electron chi connectivity index (χ0n) is 16.4. The van der Waals surface area contributed by atoms with Gasteiger partial charge in [0.05, 0.1) is 32.6 Å². The van der Waals surface area contributed by atoms with E-state index in [0.29, 0.717) is 40.9 Å². The molecule has 29 heavy (non-hydrogen) atoms. The van der Waals surface area contributed by atoms with Crippen molar-refractivity contribution in [3.05, 3.63) is 66.0 Å². The molecule has 0 unspecified atom stereocenters. The first-order chi connectivity index (χ1) is 14.1. The number of hydrogen-bond acceptors (Lipinski definition) is 8. The molecule has 1 heterocycles. The molecule has 2 N–H and O–H groups in total. The highest BCUT2D eigenvalue weighted by Crippen LogP contribution is 2.28. The van der Waals surface area contributed by atoms with Crippen molar-refractivity contribution in [2.75, 3.05) is 32.0 Å². The standard InChI is InChI=1S/C21H22N4O4/c1-27-17-9-8-14(10-18(17)28-2)12-22-19-11-20(24-13-23-19)25-16-7-5-4-6-15(16)21(26)29-3/h4-11,13H,12H2,1-3H3,(H2,22,23,24,25). The van der Waals surface area contributed by atoms with Crippen molar-refractivity contribution in [2.45, 2.75) is 6.54 Å². The third-order valence-electron chi connectivity index (χ3n) is 4.18. The van der Waals surface area contributed by atoms with E-state index in [1.807, 2.05) is 24.3 Å². The van der Waals surface area contributed by atoms with E-state index >= 15 is 0 Å². The molecule has 2 aromatic carbocycles. The Labute approximate surface area is 168 Å². The smallest absolute Gasteiger partial charge is 0.339 e. The number of aromatic nitrogens is 2. The van der Waals surface area contributed by atoms with Gasteiger partial charge in [-0.1, -0.05) is 18.2 Å². The van der Waals surface area contributed by atoms with Crippen LogP contribution >= 0.6 is 0 Å². The molecule has 0 aliphatic carbocycles. The fourth-order valence-electron chi connectivity index (χ4n) is 2.72. The van der Waals surface area contributed by atoms with Gasteiger partial charge in [0.2, 0.25) is 0 Å². The van der Waals surface area contributed by atoms with Gasteiger partial charge in [0, 0.05) is 12.6 Å². The minimum Gasteiger partial charge on any atom is -0.493 e. The fourth-order valence-corrected chi connectivity index (χ4v) is 2.72. The lowest BCUT2D eigenvalue weighted by Gasteiger charge is -2.12. The van der Waals surface area contributed by atoms with Crippen LogP contribution in [0.2, 0.25) is 0 Å². The summed E-state index contributed by atoms with van der Waals surface area (Å²) in [5.41, 5.74) is 2.03. The average molecular weight is 394 g/mol. The molecule has 3 aromatic rings. The molecule has 3 rings (SSSR count). The molecule has 8 nitrogen and oxygen atoms in total. The SMILES string of the molecule is COC(=O)c1ccccc1Nc1cc(NCc2ccc(OC)c(OC)c2)ncn1. The molecule has 0 fully saturated rings. The highest BCUT2D eigenvalue weighted by molar-refractivity contribution is 5.96. The minimum absolute atomic E-state index is 0.422. The summed E-state index contributed by atoms with van der Waals surface area (Å²) in [6.07, 6.45) is 1.44. The summed E-state index contributed by atoms with van der Waals surface area (Å²) >= 11 is 0. The van der Waals surface area contributed by atoms with Crippen molar-refractivity contribution in [3.8, 4) is 11.5 Å². The molecular weight excluding hydrogens is 372 g/mol. The van der Waals surface area contributed by atoms with E-state index < -0.39 is 5.97 Å². The van der Waals surface area contributed by atoms with Crippen LogP contribution in [0.15, 0.2) is 54.9 Å². The van der Waals surface area contributed by atoms with Crippen molar-refractivity contribution in [2.24, 2.45) is 0 Å². The van der Waals surface area contributed by atoms with Gasteiger partial charge < -0.3 is 24.8 Å². The Hall–Kier alpha value is -3.81. The number of esters is 1. The van der Waals surface area contributed by atoms with Gasteiger partial charge in [-0.05, 0) is 29.8 Å². The Morgan fingerprint density at radius 2 is 1.69 bits per heavy atom. The number of ether oxygens (including phenoxy) is 3. The van der Waals surface area contributed by atoms with Gasteiger partial charge in [-0.3, -0.25) is 0 Å². The van der Waals surface area contributed by atoms with E-state index in [-0.39, 0.29) is 0 Å². The van der Waals surface area contributed by atoms with Gasteiger partial charge in [0.25, 0.3) is 0 Å². The van der Waals surface area contributed by atoms with Gasteiger partial charge in [0.15, 0.2) is 11.5 Å². The second kappa shape index (κ2) is 9.41. The minimum atomic E-state index is -0.422. The molecule has 0 spiro atoms. The second-order valence-corrected chi connectivity index (χ2v) is 5.99. The molecule has 0 saturated heterocycles. The maximum absolute atomic E-state index is 11.9. The second-order valence-electron chi connectivity index (χ2n) is 5.99. The largest absolute Gasteiger partial charge is 0.493 e. The van der Waals surface area contributed by atoms with E-state index in [4.69, 9.17) is 14.2 Å². The third kappa shape index (κ3) is 4.92. The number of carbonyl (C=O) groups excluding carboxylic acids is 1. The van der Waals surface area contributed by atoms with Crippen LogP contribution in [0.25, 0.3) is 0 Å². The summed E-state index contributed by atoms with van der Waals surface area (Å²) in [5, 5.41) is 6.38. The number of nitrogens with one attached hydrogen (secondary N) is 2. The summed E-state index contributed by atoms with van der Waals surface area (Å²) in [6, 6.07) is 14.5. The first-order valence-corrected chi connectivity index (χ1v) is 8.85. The Morgan fingerprint density at radius 1 is 0.931 bits per heavy atom. The Morgan fingerprint density at radius 3 is 2.45 bits per heavy atom. The number of anilines is 3. The normalized spacial score (nSPS) is 10.2. The first kappa shape index (κ1) is 19.9. The molecule has 0 aliphatic rings. The molecule has 0 radical (unpaired) electrons. The van der Waals surface area contributed by atoms with Crippen molar-refractivity contribution in [1.29, 1.82) is 0 Å². The number of nitrogens with zero attached hydrogens (tertiary/aromatic N) is 2. The summed E-state index contributed by atoms with van der Waals surface area (Å²) in [6.45, 7) is 0.537. The molecule has 0 amide bonds. The lowest BCUT2D eigenvalue weighted by molar-refractivity contribution is 0.0602. The topological polar surface area (TPSA) is 94.6 Å². The molecule has 0 saturated carbocycles. The van der Waals surface area contributed by atoms with E-state index in [2.05, 4.69) is 20.6 Å². The van der Waals surface area contributed by atoms with Gasteiger partial charge in [-0.15, -0.1) is 0 Å². The number of hydrogen-bond donors (Lipinski definition) is 2. The first-order valence-electron chi connectivity index (χ1n) is 8.85. The predicted octanol–water partition coefficient (Wildman–Crippen LogP) is 3.64. The van der Waals surface area contributed by atoms with Gasteiger partial charge in [0.1, 0.15) is 18.0 Å². The van der Waals surface area contributed by atoms with Gasteiger partial charge in [-0.2, -0.15) is 0 Å². The van der Waals surface area contributed by atoms with Gasteiger partial charge in [-0.25, -0.2) is 14.8 Å². The predicted molar refractivity (Wildman–Crippen MR) is 110 cm³/mol. The van der Waals surface area contributed by atoms with Gasteiger partial charge >= 0.3 is 5.97 Å². The van der Waals surface area contributed by atoms with Crippen LogP contribution < -0.4 is 20.1 Å². The van der Waals surface area contributed by atoms with Crippen LogP contribution in [0.1, 0.15) is 15.9 Å². The highest BCUT2D eigenvalue weighted by atomic mass is 16.5. The molecular formula is C21H22N4O4. The monoisotopic (exact) mass is 394 g/mol. The van der Waals surface area contributed by atoms with Crippen LogP contribution in [0, 0.1) is 0 Å². The lowest BCUT2D eigenvalue weighted by Crippen LogP contribution is -2.07. The zero-order valence-corrected chi connectivity index (χ0v) is 16.4. The quantitative estimate of drug-likeness (QED) is 0.559. The lowest BCUT2D eigenvalue weighted by atomic mass is 10.2. The van der Waals surface area contributed by atoms with Crippen LogP contribution in [-0.4, -0.2) is 37.3 Å². The van der Waals surface area contributed by atoms with Crippen LogP contribution in [0.5, 0.6) is 11.5 Å². The van der Waals surface area contributed by atoms with Crippen molar-refractivity contribution >= 4 is 23.3 Å². The summed E-state index contributed by atoms with van der Waals surface area (Å²) in [7, 11) is 4.55. The average Bonchev–Trinajstić information content (AvgIpc) is 2.77. The molecule has 8 heteroatoms. The van der Waals surface area contributed by atoms with Crippen LogP contribution in [0.4, 0.5) is 17.3 Å². The summed E-state index contributed by atoms with van der Waals surface area (Å²) < 4.78 is 15.4. The number of methoxy groups -OCH3 is 3. The molecule has 150 valence electrons. The Balaban J connectivity index is 1.72. The molecule has 1 aromatic heterocycles. The summed E-state index contributed by atoms with van der Waals surface area (Å²) in [4.78, 5) is 20.4. The molecule has 0 bridgehead atoms. The number of benzene rings is 2. The van der Waals surface area contributed by atoms with Crippen LogP contribution in [-0.2, 0) is 11.3 Å². The van der Waals surface area contributed by atoms with Crippen molar-refractivity contribution < 1.29 is 19.0 Å². The maximum Gasteiger partial charge on any atom is 0.339 e. The van der Waals surface area contributed by atoms with E-state index in [0.717, 1.165) is 5.56 Å². The fraction of sp³-hybridized carbons (Fsp3) is 0.190. The van der Waals surface area contributed by atoms with E-state index in [1.54, 1.807) is 38.5 Å². The summed E-state index contributed by atoms with van der Waals surface area (Å²) in [5.74, 6) is 2.10. The number of carbonyl (C=O) groups is 1. The maximum atomic E-state index is 11.9. The van der Waals surface area contributed by atoms with E-state index in [1.165, 1.54) is 13.4 Å². The van der Waals surface area contributed by atoms with E-state index in [9.17, 15) is 4.79 Å². The van der Waals surface area contributed by atoms with Crippen molar-refractivity contribution in [1.82, 2.24) is 9.97 Å². The van der Waals surface area contributed by atoms with Crippen LogP contribution in [0.3, 0.4) is 0 Å².